The highest BCUT2D eigenvalue weighted by Gasteiger charge is 2.14. The summed E-state index contributed by atoms with van der Waals surface area (Å²) < 4.78 is 30.9. The van der Waals surface area contributed by atoms with Gasteiger partial charge >= 0.3 is 0 Å². The maximum Gasteiger partial charge on any atom is 0.257 e. The highest BCUT2D eigenvalue weighted by atomic mass is 19.3. The summed E-state index contributed by atoms with van der Waals surface area (Å²) in [6.45, 7) is 1.95. The fraction of sp³-hybridized carbons (Fsp3) is 0.727. The van der Waals surface area contributed by atoms with Gasteiger partial charge in [0, 0.05) is 31.5 Å². The van der Waals surface area contributed by atoms with Crippen LogP contribution in [0.2, 0.25) is 0 Å². The zero-order valence-corrected chi connectivity index (χ0v) is 9.61. The van der Waals surface area contributed by atoms with Crippen LogP contribution in [0.5, 0.6) is 0 Å². The van der Waals surface area contributed by atoms with Gasteiger partial charge in [-0.05, 0) is 12.8 Å². The van der Waals surface area contributed by atoms with E-state index in [1.54, 1.807) is 12.4 Å². The van der Waals surface area contributed by atoms with Gasteiger partial charge in [-0.25, -0.2) is 8.78 Å². The van der Waals surface area contributed by atoms with E-state index in [9.17, 15) is 8.78 Å². The van der Waals surface area contributed by atoms with Gasteiger partial charge in [0.15, 0.2) is 0 Å². The Bertz CT molecular complexity index is 337. The number of nitrogens with one attached hydrogen (secondary N) is 1. The normalized spacial score (nSPS) is 20.3. The lowest BCUT2D eigenvalue weighted by Gasteiger charge is -2.09. The molecule has 0 aromatic carbocycles. The Morgan fingerprint density at radius 3 is 3.18 bits per heavy atom. The largest absolute Gasteiger partial charge is 0.377 e. The molecule has 2 heterocycles. The van der Waals surface area contributed by atoms with Crippen LogP contribution in [0.4, 0.5) is 8.78 Å². The number of halogens is 2. The molecule has 17 heavy (non-hydrogen) atoms. The highest BCUT2D eigenvalue weighted by molar-refractivity contribution is 5.03. The molecule has 1 aliphatic heterocycles. The molecule has 0 aliphatic carbocycles. The van der Waals surface area contributed by atoms with Crippen molar-refractivity contribution in [3.05, 3.63) is 18.0 Å². The lowest BCUT2D eigenvalue weighted by atomic mass is 10.2. The molecule has 2 rings (SSSR count). The Morgan fingerprint density at radius 2 is 2.47 bits per heavy atom. The second-order valence-corrected chi connectivity index (χ2v) is 4.23. The van der Waals surface area contributed by atoms with E-state index in [4.69, 9.17) is 4.74 Å². The molecule has 0 amide bonds. The summed E-state index contributed by atoms with van der Waals surface area (Å²) in [4.78, 5) is 0. The van der Waals surface area contributed by atoms with Gasteiger partial charge < -0.3 is 10.1 Å². The van der Waals surface area contributed by atoms with E-state index in [0.717, 1.165) is 31.6 Å². The summed E-state index contributed by atoms with van der Waals surface area (Å²) in [6.07, 6.45) is 3.42. The standard InChI is InChI=1S/C11H17F2N3O/c12-11(13)8-16-7-9(5-15-16)4-14-6-10-2-1-3-17-10/h5,7,10-11,14H,1-4,6,8H2/t10-/m0/s1. The van der Waals surface area contributed by atoms with Gasteiger partial charge in [-0.1, -0.05) is 0 Å². The number of alkyl halides is 2. The monoisotopic (exact) mass is 245 g/mol. The Morgan fingerprint density at radius 1 is 1.59 bits per heavy atom. The summed E-state index contributed by atoms with van der Waals surface area (Å²) in [6, 6.07) is 0. The van der Waals surface area contributed by atoms with Crippen molar-refractivity contribution >= 4 is 0 Å². The third kappa shape index (κ3) is 4.05. The first-order chi connectivity index (χ1) is 8.24. The van der Waals surface area contributed by atoms with E-state index < -0.39 is 6.43 Å². The fourth-order valence-corrected chi connectivity index (χ4v) is 1.92. The van der Waals surface area contributed by atoms with Crippen molar-refractivity contribution in [3.8, 4) is 0 Å². The van der Waals surface area contributed by atoms with Crippen LogP contribution in [0, 0.1) is 0 Å². The minimum Gasteiger partial charge on any atom is -0.377 e. The number of hydrogen-bond acceptors (Lipinski definition) is 3. The molecule has 0 unspecified atom stereocenters. The van der Waals surface area contributed by atoms with Crippen molar-refractivity contribution in [2.75, 3.05) is 13.2 Å². The van der Waals surface area contributed by atoms with Crippen molar-refractivity contribution in [2.24, 2.45) is 0 Å². The fourth-order valence-electron chi connectivity index (χ4n) is 1.92. The molecule has 1 N–H and O–H groups in total. The van der Waals surface area contributed by atoms with E-state index in [-0.39, 0.29) is 6.54 Å². The molecule has 96 valence electrons. The molecule has 1 fully saturated rings. The quantitative estimate of drug-likeness (QED) is 0.823. The van der Waals surface area contributed by atoms with Crippen molar-refractivity contribution < 1.29 is 13.5 Å². The lowest BCUT2D eigenvalue weighted by Crippen LogP contribution is -2.25. The Hall–Kier alpha value is -1.01. The molecule has 1 aliphatic rings. The predicted octanol–water partition coefficient (Wildman–Crippen LogP) is 1.42. The number of ether oxygens (including phenoxy) is 1. The molecule has 0 spiro atoms. The van der Waals surface area contributed by atoms with Crippen LogP contribution in [-0.4, -0.2) is 35.5 Å². The molecule has 1 atom stereocenters. The summed E-state index contributed by atoms with van der Waals surface area (Å²) in [5.41, 5.74) is 0.920. The number of nitrogens with zero attached hydrogens (tertiary/aromatic N) is 2. The third-order valence-corrected chi connectivity index (χ3v) is 2.74. The van der Waals surface area contributed by atoms with Crippen LogP contribution in [0.15, 0.2) is 12.4 Å². The predicted molar refractivity (Wildman–Crippen MR) is 58.9 cm³/mol. The molecule has 1 saturated heterocycles. The number of rotatable bonds is 6. The zero-order chi connectivity index (χ0) is 12.1. The minimum absolute atomic E-state index is 0.297. The lowest BCUT2D eigenvalue weighted by molar-refractivity contribution is 0.110. The van der Waals surface area contributed by atoms with Crippen LogP contribution in [-0.2, 0) is 17.8 Å². The summed E-state index contributed by atoms with van der Waals surface area (Å²) in [7, 11) is 0. The van der Waals surface area contributed by atoms with Gasteiger partial charge in [0.1, 0.15) is 6.54 Å². The van der Waals surface area contributed by atoms with Gasteiger partial charge in [-0.3, -0.25) is 4.68 Å². The molecular formula is C11H17F2N3O. The zero-order valence-electron chi connectivity index (χ0n) is 9.61. The van der Waals surface area contributed by atoms with Crippen LogP contribution >= 0.6 is 0 Å². The first kappa shape index (κ1) is 12.4. The Balaban J connectivity index is 1.69. The topological polar surface area (TPSA) is 39.1 Å². The molecule has 1 aromatic heterocycles. The van der Waals surface area contributed by atoms with Crippen LogP contribution in [0.1, 0.15) is 18.4 Å². The maximum atomic E-state index is 12.1. The van der Waals surface area contributed by atoms with Gasteiger partial charge in [-0.15, -0.1) is 0 Å². The third-order valence-electron chi connectivity index (χ3n) is 2.74. The molecule has 0 bridgehead atoms. The van der Waals surface area contributed by atoms with E-state index >= 15 is 0 Å². The molecule has 1 aromatic rings. The average molecular weight is 245 g/mol. The molecular weight excluding hydrogens is 228 g/mol. The molecule has 6 heteroatoms. The molecule has 4 nitrogen and oxygen atoms in total. The SMILES string of the molecule is FC(F)Cn1cc(CNC[C@@H]2CCCO2)cn1. The highest BCUT2D eigenvalue weighted by Crippen LogP contribution is 2.10. The van der Waals surface area contributed by atoms with Gasteiger partial charge in [0.25, 0.3) is 6.43 Å². The minimum atomic E-state index is -2.36. The summed E-state index contributed by atoms with van der Waals surface area (Å²) in [5.74, 6) is 0. The van der Waals surface area contributed by atoms with E-state index in [2.05, 4.69) is 10.4 Å². The van der Waals surface area contributed by atoms with Gasteiger partial charge in [0.05, 0.1) is 12.3 Å². The number of hydrogen-bond donors (Lipinski definition) is 1. The smallest absolute Gasteiger partial charge is 0.257 e. The van der Waals surface area contributed by atoms with Crippen LogP contribution in [0.3, 0.4) is 0 Å². The van der Waals surface area contributed by atoms with Crippen LogP contribution in [0.25, 0.3) is 0 Å². The van der Waals surface area contributed by atoms with Crippen molar-refractivity contribution in [1.29, 1.82) is 0 Å². The molecule has 0 saturated carbocycles. The van der Waals surface area contributed by atoms with E-state index in [1.165, 1.54) is 4.68 Å². The van der Waals surface area contributed by atoms with Gasteiger partial charge in [0.2, 0.25) is 0 Å². The van der Waals surface area contributed by atoms with Crippen LogP contribution < -0.4 is 5.32 Å². The molecule has 0 radical (unpaired) electrons. The van der Waals surface area contributed by atoms with Crippen molar-refractivity contribution in [3.63, 3.8) is 0 Å². The average Bonchev–Trinajstić information content (AvgIpc) is 2.89. The summed E-state index contributed by atoms with van der Waals surface area (Å²) in [5, 5.41) is 7.12. The van der Waals surface area contributed by atoms with E-state index in [1.807, 2.05) is 0 Å². The first-order valence-corrected chi connectivity index (χ1v) is 5.86. The Kier molecular flexibility index (Phi) is 4.44. The Labute approximate surface area is 98.9 Å². The first-order valence-electron chi connectivity index (χ1n) is 5.86. The number of aromatic nitrogens is 2. The van der Waals surface area contributed by atoms with E-state index in [0.29, 0.717) is 12.6 Å². The second kappa shape index (κ2) is 6.07. The maximum absolute atomic E-state index is 12.1. The summed E-state index contributed by atoms with van der Waals surface area (Å²) >= 11 is 0. The van der Waals surface area contributed by atoms with Crippen molar-refractivity contribution in [2.45, 2.75) is 38.5 Å². The van der Waals surface area contributed by atoms with Gasteiger partial charge in [-0.2, -0.15) is 5.10 Å². The van der Waals surface area contributed by atoms with Crippen molar-refractivity contribution in [1.82, 2.24) is 15.1 Å². The second-order valence-electron chi connectivity index (χ2n) is 4.23.